The fraction of sp³-hybridized carbons (Fsp3) is 0.350. The Balaban J connectivity index is 1.30. The first-order valence-electron chi connectivity index (χ1n) is 8.41. The standard InChI is InChI=1S/C20H23NO3/c22-20(23)18-10-8-17(9-11-18)13-21-14-19(15-21)24-12-4-7-16-5-2-1-3-6-16/h1-3,5-6,8-11,19H,4,7,12-15H2,(H,22,23). The summed E-state index contributed by atoms with van der Waals surface area (Å²) in [6.45, 7) is 3.56. The fourth-order valence-electron chi connectivity index (χ4n) is 2.94. The highest BCUT2D eigenvalue weighted by Gasteiger charge is 2.26. The average Bonchev–Trinajstić information content (AvgIpc) is 2.57. The monoisotopic (exact) mass is 325 g/mol. The van der Waals surface area contributed by atoms with Crippen molar-refractivity contribution in [1.82, 2.24) is 4.90 Å². The summed E-state index contributed by atoms with van der Waals surface area (Å²) in [5, 5.41) is 8.90. The molecule has 0 aromatic heterocycles. The number of hydrogen-bond donors (Lipinski definition) is 1. The molecule has 0 radical (unpaired) electrons. The molecule has 1 N–H and O–H groups in total. The summed E-state index contributed by atoms with van der Waals surface area (Å²) in [5.41, 5.74) is 2.84. The number of hydrogen-bond acceptors (Lipinski definition) is 3. The lowest BCUT2D eigenvalue weighted by atomic mass is 10.1. The van der Waals surface area contributed by atoms with E-state index in [0.717, 1.165) is 44.6 Å². The van der Waals surface area contributed by atoms with E-state index in [4.69, 9.17) is 9.84 Å². The van der Waals surface area contributed by atoms with Gasteiger partial charge in [0.1, 0.15) is 0 Å². The maximum Gasteiger partial charge on any atom is 0.335 e. The zero-order valence-corrected chi connectivity index (χ0v) is 13.7. The van der Waals surface area contributed by atoms with Gasteiger partial charge in [-0.25, -0.2) is 4.79 Å². The second-order valence-electron chi connectivity index (χ2n) is 6.28. The van der Waals surface area contributed by atoms with Crippen LogP contribution in [0.2, 0.25) is 0 Å². The quantitative estimate of drug-likeness (QED) is 0.757. The molecule has 1 saturated heterocycles. The van der Waals surface area contributed by atoms with Crippen molar-refractivity contribution >= 4 is 5.97 Å². The smallest absolute Gasteiger partial charge is 0.335 e. The first-order valence-corrected chi connectivity index (χ1v) is 8.41. The molecule has 2 aromatic carbocycles. The van der Waals surface area contributed by atoms with Crippen LogP contribution >= 0.6 is 0 Å². The molecule has 1 aliphatic heterocycles. The molecule has 0 bridgehead atoms. The van der Waals surface area contributed by atoms with Crippen LogP contribution in [-0.4, -0.2) is 41.8 Å². The normalized spacial score (nSPS) is 15.2. The summed E-state index contributed by atoms with van der Waals surface area (Å²) >= 11 is 0. The summed E-state index contributed by atoms with van der Waals surface area (Å²) in [7, 11) is 0. The van der Waals surface area contributed by atoms with Gasteiger partial charge in [-0.15, -0.1) is 0 Å². The molecule has 2 aromatic rings. The van der Waals surface area contributed by atoms with Crippen molar-refractivity contribution in [3.63, 3.8) is 0 Å². The minimum absolute atomic E-state index is 0.332. The Morgan fingerprint density at radius 1 is 1.04 bits per heavy atom. The first kappa shape index (κ1) is 16.7. The van der Waals surface area contributed by atoms with Crippen LogP contribution < -0.4 is 0 Å². The topological polar surface area (TPSA) is 49.8 Å². The maximum atomic E-state index is 10.8. The average molecular weight is 325 g/mol. The van der Waals surface area contributed by atoms with Crippen LogP contribution in [0.1, 0.15) is 27.9 Å². The number of likely N-dealkylation sites (tertiary alicyclic amines) is 1. The third-order valence-electron chi connectivity index (χ3n) is 4.34. The molecule has 1 heterocycles. The van der Waals surface area contributed by atoms with Crippen LogP contribution in [0, 0.1) is 0 Å². The number of aryl methyl sites for hydroxylation is 1. The highest BCUT2D eigenvalue weighted by atomic mass is 16.5. The second kappa shape index (κ2) is 8.08. The predicted molar refractivity (Wildman–Crippen MR) is 93.2 cm³/mol. The van der Waals surface area contributed by atoms with E-state index in [2.05, 4.69) is 29.2 Å². The van der Waals surface area contributed by atoms with Crippen molar-refractivity contribution in [3.05, 3.63) is 71.3 Å². The molecule has 0 unspecified atom stereocenters. The molecule has 1 aliphatic rings. The zero-order valence-electron chi connectivity index (χ0n) is 13.7. The van der Waals surface area contributed by atoms with Crippen molar-refractivity contribution in [3.8, 4) is 0 Å². The van der Waals surface area contributed by atoms with Gasteiger partial charge in [0.05, 0.1) is 11.7 Å². The molecule has 126 valence electrons. The summed E-state index contributed by atoms with van der Waals surface area (Å²) < 4.78 is 5.90. The van der Waals surface area contributed by atoms with Crippen LogP contribution in [-0.2, 0) is 17.7 Å². The van der Waals surface area contributed by atoms with Crippen molar-refractivity contribution in [1.29, 1.82) is 0 Å². The van der Waals surface area contributed by atoms with E-state index in [0.29, 0.717) is 11.7 Å². The van der Waals surface area contributed by atoms with Crippen LogP contribution in [0.3, 0.4) is 0 Å². The number of carboxylic acid groups (broad SMARTS) is 1. The highest BCUT2D eigenvalue weighted by Crippen LogP contribution is 2.17. The Morgan fingerprint density at radius 3 is 2.42 bits per heavy atom. The minimum Gasteiger partial charge on any atom is -0.478 e. The number of aromatic carboxylic acids is 1. The van der Waals surface area contributed by atoms with Gasteiger partial charge in [0.2, 0.25) is 0 Å². The Hall–Kier alpha value is -2.17. The van der Waals surface area contributed by atoms with E-state index < -0.39 is 5.97 Å². The molecule has 24 heavy (non-hydrogen) atoms. The second-order valence-corrected chi connectivity index (χ2v) is 6.28. The van der Waals surface area contributed by atoms with E-state index in [1.54, 1.807) is 12.1 Å². The lowest BCUT2D eigenvalue weighted by Gasteiger charge is -2.39. The van der Waals surface area contributed by atoms with Crippen molar-refractivity contribution < 1.29 is 14.6 Å². The van der Waals surface area contributed by atoms with E-state index in [1.807, 2.05) is 18.2 Å². The van der Waals surface area contributed by atoms with Crippen molar-refractivity contribution in [2.24, 2.45) is 0 Å². The lowest BCUT2D eigenvalue weighted by molar-refractivity contribution is -0.0582. The number of benzene rings is 2. The zero-order chi connectivity index (χ0) is 16.8. The van der Waals surface area contributed by atoms with Crippen LogP contribution in [0.15, 0.2) is 54.6 Å². The first-order chi connectivity index (χ1) is 11.7. The Morgan fingerprint density at radius 2 is 1.75 bits per heavy atom. The Bertz CT molecular complexity index is 648. The molecule has 0 spiro atoms. The van der Waals surface area contributed by atoms with Crippen LogP contribution in [0.25, 0.3) is 0 Å². The fourth-order valence-corrected chi connectivity index (χ4v) is 2.94. The van der Waals surface area contributed by atoms with E-state index in [9.17, 15) is 4.79 Å². The van der Waals surface area contributed by atoms with Gasteiger partial charge in [-0.2, -0.15) is 0 Å². The molecule has 3 rings (SSSR count). The predicted octanol–water partition coefficient (Wildman–Crippen LogP) is 3.22. The van der Waals surface area contributed by atoms with Gasteiger partial charge in [-0.3, -0.25) is 4.90 Å². The van der Waals surface area contributed by atoms with Gasteiger partial charge in [-0.1, -0.05) is 42.5 Å². The summed E-state index contributed by atoms with van der Waals surface area (Å²) in [5.74, 6) is -0.880. The van der Waals surface area contributed by atoms with Crippen LogP contribution in [0.4, 0.5) is 0 Å². The molecule has 4 nitrogen and oxygen atoms in total. The molecule has 4 heteroatoms. The third kappa shape index (κ3) is 4.66. The maximum absolute atomic E-state index is 10.8. The third-order valence-corrected chi connectivity index (χ3v) is 4.34. The molecule has 0 amide bonds. The summed E-state index contributed by atoms with van der Waals surface area (Å²) in [6, 6.07) is 17.6. The van der Waals surface area contributed by atoms with Crippen molar-refractivity contribution in [2.75, 3.05) is 19.7 Å². The van der Waals surface area contributed by atoms with Gasteiger partial charge < -0.3 is 9.84 Å². The number of rotatable bonds is 8. The summed E-state index contributed by atoms with van der Waals surface area (Å²) in [4.78, 5) is 13.2. The van der Waals surface area contributed by atoms with Gasteiger partial charge in [0.15, 0.2) is 0 Å². The molecule has 1 fully saturated rings. The molecule has 0 aliphatic carbocycles. The van der Waals surface area contributed by atoms with Crippen molar-refractivity contribution in [2.45, 2.75) is 25.5 Å². The molecule has 0 atom stereocenters. The number of carboxylic acids is 1. The Labute approximate surface area is 142 Å². The Kier molecular flexibility index (Phi) is 5.62. The van der Waals surface area contributed by atoms with E-state index in [-0.39, 0.29) is 0 Å². The number of ether oxygens (including phenoxy) is 1. The van der Waals surface area contributed by atoms with Crippen LogP contribution in [0.5, 0.6) is 0 Å². The van der Waals surface area contributed by atoms with Gasteiger partial charge in [-0.05, 0) is 36.1 Å². The van der Waals surface area contributed by atoms with E-state index in [1.165, 1.54) is 5.56 Å². The number of nitrogens with zero attached hydrogens (tertiary/aromatic N) is 1. The SMILES string of the molecule is O=C(O)c1ccc(CN2CC(OCCCc3ccccc3)C2)cc1. The molecule has 0 saturated carbocycles. The van der Waals surface area contributed by atoms with Gasteiger partial charge >= 0.3 is 5.97 Å². The lowest BCUT2D eigenvalue weighted by Crippen LogP contribution is -2.51. The molecular weight excluding hydrogens is 302 g/mol. The summed E-state index contributed by atoms with van der Waals surface area (Å²) in [6.07, 6.45) is 2.45. The van der Waals surface area contributed by atoms with E-state index >= 15 is 0 Å². The number of carbonyl (C=O) groups is 1. The van der Waals surface area contributed by atoms with Gasteiger partial charge in [0, 0.05) is 26.2 Å². The highest BCUT2D eigenvalue weighted by molar-refractivity contribution is 5.87. The minimum atomic E-state index is -0.880. The van der Waals surface area contributed by atoms with Gasteiger partial charge in [0.25, 0.3) is 0 Å². The largest absolute Gasteiger partial charge is 0.478 e. The molecular formula is C20H23NO3.